The van der Waals surface area contributed by atoms with Crippen LogP contribution in [-0.2, 0) is 4.79 Å². The zero-order chi connectivity index (χ0) is 13.8. The van der Waals surface area contributed by atoms with Crippen molar-refractivity contribution in [2.75, 3.05) is 13.1 Å². The van der Waals surface area contributed by atoms with Crippen molar-refractivity contribution >= 4 is 12.0 Å². The molecule has 1 rings (SSSR count). The molecule has 0 aliphatic carbocycles. The van der Waals surface area contributed by atoms with Crippen molar-refractivity contribution in [3.63, 3.8) is 0 Å². The van der Waals surface area contributed by atoms with Crippen molar-refractivity contribution in [2.45, 2.75) is 33.6 Å². The molecule has 0 bridgehead atoms. The molecule has 102 valence electrons. The molecule has 0 radical (unpaired) electrons. The van der Waals surface area contributed by atoms with Crippen LogP contribution in [0.25, 0.3) is 0 Å². The Kier molecular flexibility index (Phi) is 4.76. The molecule has 0 unspecified atom stereocenters. The van der Waals surface area contributed by atoms with Crippen molar-refractivity contribution in [1.29, 1.82) is 0 Å². The zero-order valence-electron chi connectivity index (χ0n) is 11.3. The summed E-state index contributed by atoms with van der Waals surface area (Å²) in [6.45, 7) is 7.16. The molecule has 1 aliphatic heterocycles. The molecule has 1 aliphatic rings. The summed E-state index contributed by atoms with van der Waals surface area (Å²) in [5.74, 6) is -1.07. The number of carboxylic acids is 1. The molecule has 0 aromatic heterocycles. The van der Waals surface area contributed by atoms with Gasteiger partial charge in [0.15, 0.2) is 0 Å². The quantitative estimate of drug-likeness (QED) is 0.792. The molecular formula is C13H22N2O3. The van der Waals surface area contributed by atoms with Crippen LogP contribution in [0, 0.1) is 11.3 Å². The molecule has 0 aromatic carbocycles. The fraction of sp³-hybridized carbons (Fsp3) is 0.692. The van der Waals surface area contributed by atoms with E-state index >= 15 is 0 Å². The van der Waals surface area contributed by atoms with Crippen molar-refractivity contribution in [3.8, 4) is 0 Å². The third-order valence-corrected chi connectivity index (χ3v) is 2.92. The monoisotopic (exact) mass is 254 g/mol. The predicted octanol–water partition coefficient (Wildman–Crippen LogP) is 2.05. The van der Waals surface area contributed by atoms with E-state index in [0.717, 1.165) is 0 Å². The number of rotatable bonds is 2. The van der Waals surface area contributed by atoms with Crippen molar-refractivity contribution in [1.82, 2.24) is 10.2 Å². The third-order valence-electron chi connectivity index (χ3n) is 2.92. The van der Waals surface area contributed by atoms with E-state index in [0.29, 0.717) is 25.9 Å². The van der Waals surface area contributed by atoms with E-state index < -0.39 is 5.97 Å². The predicted molar refractivity (Wildman–Crippen MR) is 69.1 cm³/mol. The van der Waals surface area contributed by atoms with E-state index in [9.17, 15) is 9.59 Å². The van der Waals surface area contributed by atoms with E-state index in [1.165, 1.54) is 0 Å². The Morgan fingerprint density at radius 1 is 1.28 bits per heavy atom. The summed E-state index contributed by atoms with van der Waals surface area (Å²) >= 11 is 0. The van der Waals surface area contributed by atoms with Gasteiger partial charge in [-0.05, 0) is 18.3 Å². The van der Waals surface area contributed by atoms with E-state index in [4.69, 9.17) is 5.11 Å². The lowest BCUT2D eigenvalue weighted by molar-refractivity contribution is -0.143. The normalized spacial score (nSPS) is 18.1. The highest BCUT2D eigenvalue weighted by atomic mass is 16.4. The van der Waals surface area contributed by atoms with Crippen LogP contribution in [0.15, 0.2) is 12.3 Å². The maximum Gasteiger partial charge on any atom is 0.321 e. The zero-order valence-corrected chi connectivity index (χ0v) is 11.3. The lowest BCUT2D eigenvalue weighted by Gasteiger charge is -2.29. The number of aliphatic carboxylic acids is 1. The molecule has 2 N–H and O–H groups in total. The molecule has 1 fully saturated rings. The Labute approximate surface area is 108 Å². The number of hydrogen-bond donors (Lipinski definition) is 2. The molecule has 0 aromatic rings. The van der Waals surface area contributed by atoms with Crippen LogP contribution in [0.4, 0.5) is 4.79 Å². The summed E-state index contributed by atoms with van der Waals surface area (Å²) in [6, 6.07) is -0.153. The van der Waals surface area contributed by atoms with Gasteiger partial charge in [0.1, 0.15) is 0 Å². The third kappa shape index (κ3) is 4.77. The summed E-state index contributed by atoms with van der Waals surface area (Å²) in [5, 5.41) is 11.6. The minimum absolute atomic E-state index is 0.0313. The Morgan fingerprint density at radius 3 is 2.28 bits per heavy atom. The number of carbonyl (C=O) groups is 2. The first-order chi connectivity index (χ1) is 8.29. The van der Waals surface area contributed by atoms with E-state index in [2.05, 4.69) is 5.32 Å². The summed E-state index contributed by atoms with van der Waals surface area (Å²) in [4.78, 5) is 24.2. The Bertz CT molecular complexity index is 337. The summed E-state index contributed by atoms with van der Waals surface area (Å²) in [6.07, 6.45) is 4.65. The molecule has 0 atom stereocenters. The van der Waals surface area contributed by atoms with Crippen LogP contribution in [-0.4, -0.2) is 35.1 Å². The lowest BCUT2D eigenvalue weighted by Crippen LogP contribution is -2.44. The van der Waals surface area contributed by atoms with Crippen molar-refractivity contribution < 1.29 is 14.7 Å². The number of hydrogen-bond acceptors (Lipinski definition) is 2. The number of amides is 2. The van der Waals surface area contributed by atoms with E-state index in [1.54, 1.807) is 11.1 Å². The van der Waals surface area contributed by atoms with Gasteiger partial charge in [-0.3, -0.25) is 4.79 Å². The van der Waals surface area contributed by atoms with Crippen LogP contribution >= 0.6 is 0 Å². The Morgan fingerprint density at radius 2 is 1.83 bits per heavy atom. The first kappa shape index (κ1) is 14.5. The van der Waals surface area contributed by atoms with Crippen LogP contribution in [0.5, 0.6) is 0 Å². The molecule has 1 saturated heterocycles. The average molecular weight is 254 g/mol. The van der Waals surface area contributed by atoms with Crippen molar-refractivity contribution in [3.05, 3.63) is 12.3 Å². The minimum atomic E-state index is -0.761. The maximum absolute atomic E-state index is 11.8. The van der Waals surface area contributed by atoms with Crippen molar-refractivity contribution in [2.24, 2.45) is 11.3 Å². The highest BCUT2D eigenvalue weighted by Crippen LogP contribution is 2.17. The standard InChI is InChI=1S/C13H22N2O3/c1-13(2,3)6-7-14-12(18)15-8-4-10(5-9-15)11(16)17/h6-7,10H,4-5,8-9H2,1-3H3,(H,14,18)(H,16,17)/b7-6+. The van der Waals surface area contributed by atoms with Gasteiger partial charge in [0.2, 0.25) is 0 Å². The first-order valence-electron chi connectivity index (χ1n) is 6.25. The largest absolute Gasteiger partial charge is 0.481 e. The number of nitrogens with zero attached hydrogens (tertiary/aromatic N) is 1. The van der Waals surface area contributed by atoms with Crippen LogP contribution in [0.1, 0.15) is 33.6 Å². The smallest absolute Gasteiger partial charge is 0.321 e. The maximum atomic E-state index is 11.8. The number of nitrogens with one attached hydrogen (secondary N) is 1. The number of likely N-dealkylation sites (tertiary alicyclic amines) is 1. The van der Waals surface area contributed by atoms with E-state index in [-0.39, 0.29) is 17.4 Å². The molecule has 5 heteroatoms. The summed E-state index contributed by atoms with van der Waals surface area (Å²) in [7, 11) is 0. The number of piperidine rings is 1. The highest BCUT2D eigenvalue weighted by Gasteiger charge is 2.26. The van der Waals surface area contributed by atoms with Gasteiger partial charge < -0.3 is 15.3 Å². The molecule has 0 saturated carbocycles. The molecule has 5 nitrogen and oxygen atoms in total. The summed E-state index contributed by atoms with van der Waals surface area (Å²) < 4.78 is 0. The molecule has 2 amide bonds. The fourth-order valence-electron chi connectivity index (χ4n) is 1.78. The minimum Gasteiger partial charge on any atom is -0.481 e. The first-order valence-corrected chi connectivity index (χ1v) is 6.25. The van der Waals surface area contributed by atoms with Gasteiger partial charge in [0, 0.05) is 19.3 Å². The van der Waals surface area contributed by atoms with Gasteiger partial charge in [-0.25, -0.2) is 4.79 Å². The summed E-state index contributed by atoms with van der Waals surface area (Å²) in [5.41, 5.74) is 0.0313. The van der Waals surface area contributed by atoms with Crippen LogP contribution in [0.3, 0.4) is 0 Å². The van der Waals surface area contributed by atoms with E-state index in [1.807, 2.05) is 26.8 Å². The SMILES string of the molecule is CC(C)(C)/C=C/NC(=O)N1CCC(C(=O)O)CC1. The van der Waals surface area contributed by atoms with Gasteiger partial charge in [0.25, 0.3) is 0 Å². The molecule has 18 heavy (non-hydrogen) atoms. The van der Waals surface area contributed by atoms with Crippen LogP contribution < -0.4 is 5.32 Å². The Hall–Kier alpha value is -1.52. The number of carbonyl (C=O) groups excluding carboxylic acids is 1. The molecular weight excluding hydrogens is 232 g/mol. The number of urea groups is 1. The van der Waals surface area contributed by atoms with Gasteiger partial charge in [-0.2, -0.15) is 0 Å². The van der Waals surface area contributed by atoms with Gasteiger partial charge in [-0.1, -0.05) is 26.8 Å². The number of carboxylic acid groups (broad SMARTS) is 1. The average Bonchev–Trinajstić information content (AvgIpc) is 2.27. The molecule has 1 heterocycles. The Balaban J connectivity index is 2.37. The second kappa shape index (κ2) is 5.89. The second-order valence-corrected chi connectivity index (χ2v) is 5.75. The lowest BCUT2D eigenvalue weighted by atomic mass is 9.97. The molecule has 0 spiro atoms. The fourth-order valence-corrected chi connectivity index (χ4v) is 1.78. The van der Waals surface area contributed by atoms with Gasteiger partial charge in [0.05, 0.1) is 5.92 Å². The second-order valence-electron chi connectivity index (χ2n) is 5.75. The topological polar surface area (TPSA) is 69.6 Å². The van der Waals surface area contributed by atoms with Crippen LogP contribution in [0.2, 0.25) is 0 Å². The van der Waals surface area contributed by atoms with Gasteiger partial charge in [-0.15, -0.1) is 0 Å². The number of allylic oxidation sites excluding steroid dienone is 1. The highest BCUT2D eigenvalue weighted by molar-refractivity contribution is 5.76. The van der Waals surface area contributed by atoms with Gasteiger partial charge >= 0.3 is 12.0 Å².